The Morgan fingerprint density at radius 1 is 1.24 bits per heavy atom. The van der Waals surface area contributed by atoms with Crippen molar-refractivity contribution >= 4 is 11.3 Å². The summed E-state index contributed by atoms with van der Waals surface area (Å²) >= 11 is 1.89. The quantitative estimate of drug-likeness (QED) is 0.708. The van der Waals surface area contributed by atoms with E-state index in [-0.39, 0.29) is 0 Å². The molecule has 1 aromatic rings. The highest BCUT2D eigenvalue weighted by Crippen LogP contribution is 2.43. The van der Waals surface area contributed by atoms with Crippen LogP contribution in [-0.2, 0) is 0 Å². The number of aryl methyl sites for hydroxylation is 1. The van der Waals surface area contributed by atoms with Crippen LogP contribution >= 0.6 is 11.3 Å². The van der Waals surface area contributed by atoms with Crippen LogP contribution in [0.4, 0.5) is 0 Å². The monoisotopic (exact) mass is 307 g/mol. The zero-order valence-electron chi connectivity index (χ0n) is 14.5. The van der Waals surface area contributed by atoms with Crippen molar-refractivity contribution in [3.63, 3.8) is 0 Å². The van der Waals surface area contributed by atoms with Gasteiger partial charge in [-0.05, 0) is 79.8 Å². The van der Waals surface area contributed by atoms with Crippen molar-refractivity contribution in [2.24, 2.45) is 17.3 Å². The minimum absolute atomic E-state index is 0.482. The summed E-state index contributed by atoms with van der Waals surface area (Å²) in [4.78, 5) is 1.44. The average molecular weight is 308 g/mol. The summed E-state index contributed by atoms with van der Waals surface area (Å²) in [6.45, 7) is 12.9. The van der Waals surface area contributed by atoms with Crippen LogP contribution in [0.1, 0.15) is 76.3 Å². The second-order valence-electron chi connectivity index (χ2n) is 7.90. The Morgan fingerprint density at radius 2 is 1.90 bits per heavy atom. The van der Waals surface area contributed by atoms with Crippen LogP contribution in [0.2, 0.25) is 0 Å². The van der Waals surface area contributed by atoms with E-state index in [4.69, 9.17) is 0 Å². The molecule has 0 aromatic carbocycles. The number of rotatable bonds is 5. The molecule has 0 saturated heterocycles. The minimum Gasteiger partial charge on any atom is -0.310 e. The lowest BCUT2D eigenvalue weighted by Crippen LogP contribution is -2.33. The van der Waals surface area contributed by atoms with Crippen molar-refractivity contribution in [1.29, 1.82) is 0 Å². The Labute approximate surface area is 135 Å². The first-order valence-corrected chi connectivity index (χ1v) is 9.58. The van der Waals surface area contributed by atoms with Gasteiger partial charge in [-0.15, -0.1) is 11.3 Å². The first kappa shape index (κ1) is 17.0. The van der Waals surface area contributed by atoms with E-state index >= 15 is 0 Å². The largest absolute Gasteiger partial charge is 0.310 e. The minimum atomic E-state index is 0.482. The van der Waals surface area contributed by atoms with E-state index in [2.05, 4.69) is 51.4 Å². The fourth-order valence-electron chi connectivity index (χ4n) is 3.80. The number of nitrogens with one attached hydrogen (secondary N) is 1. The zero-order chi connectivity index (χ0) is 15.5. The van der Waals surface area contributed by atoms with Gasteiger partial charge in [-0.3, -0.25) is 0 Å². The molecule has 120 valence electrons. The molecule has 0 spiro atoms. The van der Waals surface area contributed by atoms with Crippen LogP contribution < -0.4 is 5.32 Å². The van der Waals surface area contributed by atoms with Gasteiger partial charge in [-0.25, -0.2) is 0 Å². The summed E-state index contributed by atoms with van der Waals surface area (Å²) in [6.07, 6.45) is 6.80. The van der Waals surface area contributed by atoms with Gasteiger partial charge in [0.15, 0.2) is 0 Å². The second kappa shape index (κ2) is 7.28. The Balaban J connectivity index is 2.02. The van der Waals surface area contributed by atoms with Crippen molar-refractivity contribution in [1.82, 2.24) is 5.32 Å². The molecule has 0 bridgehead atoms. The molecular formula is C19H33NS. The summed E-state index contributed by atoms with van der Waals surface area (Å²) in [6, 6.07) is 2.98. The summed E-state index contributed by atoms with van der Waals surface area (Å²) < 4.78 is 0. The summed E-state index contributed by atoms with van der Waals surface area (Å²) in [7, 11) is 0. The molecule has 1 saturated carbocycles. The number of hydrogen-bond donors (Lipinski definition) is 1. The fourth-order valence-corrected chi connectivity index (χ4v) is 4.54. The Bertz CT molecular complexity index is 421. The van der Waals surface area contributed by atoms with Gasteiger partial charge in [0.2, 0.25) is 0 Å². The smallest absolute Gasteiger partial charge is 0.0357 e. The van der Waals surface area contributed by atoms with Gasteiger partial charge in [-0.1, -0.05) is 27.7 Å². The van der Waals surface area contributed by atoms with E-state index in [1.165, 1.54) is 42.5 Å². The molecule has 2 rings (SSSR count). The Kier molecular flexibility index (Phi) is 5.90. The molecule has 1 fully saturated rings. The molecule has 2 heteroatoms. The topological polar surface area (TPSA) is 12.0 Å². The molecule has 1 aliphatic rings. The molecule has 1 N–H and O–H groups in total. The molecule has 1 nitrogen and oxygen atoms in total. The van der Waals surface area contributed by atoms with Crippen LogP contribution in [0.25, 0.3) is 0 Å². The third-order valence-electron chi connectivity index (χ3n) is 5.19. The first-order chi connectivity index (χ1) is 9.91. The molecule has 21 heavy (non-hydrogen) atoms. The summed E-state index contributed by atoms with van der Waals surface area (Å²) in [5.41, 5.74) is 2.01. The van der Waals surface area contributed by atoms with E-state index in [0.29, 0.717) is 11.5 Å². The lowest BCUT2D eigenvalue weighted by Gasteiger charge is -2.39. The fraction of sp³-hybridized carbons (Fsp3) is 0.789. The molecule has 1 atom stereocenters. The normalized spacial score (nSPS) is 25.0. The van der Waals surface area contributed by atoms with Crippen molar-refractivity contribution in [3.05, 3.63) is 21.9 Å². The highest BCUT2D eigenvalue weighted by Gasteiger charge is 2.33. The molecule has 1 aliphatic carbocycles. The van der Waals surface area contributed by atoms with E-state index in [1.54, 1.807) is 0 Å². The maximum absolute atomic E-state index is 3.83. The summed E-state index contributed by atoms with van der Waals surface area (Å²) in [5, 5.41) is 6.20. The van der Waals surface area contributed by atoms with Gasteiger partial charge in [-0.2, -0.15) is 0 Å². The molecule has 1 unspecified atom stereocenters. The first-order valence-electron chi connectivity index (χ1n) is 8.70. The van der Waals surface area contributed by atoms with Gasteiger partial charge in [0.1, 0.15) is 0 Å². The van der Waals surface area contributed by atoms with Crippen LogP contribution in [0.15, 0.2) is 11.4 Å². The van der Waals surface area contributed by atoms with Gasteiger partial charge in [0.25, 0.3) is 0 Å². The van der Waals surface area contributed by atoms with Crippen LogP contribution in [-0.4, -0.2) is 6.54 Å². The van der Waals surface area contributed by atoms with Crippen LogP contribution in [0.5, 0.6) is 0 Å². The van der Waals surface area contributed by atoms with Gasteiger partial charge in [0, 0.05) is 10.9 Å². The SMILES string of the molecule is CCCNC(c1csc(C)c1)C1CCC(C(C)(C)C)CC1. The standard InChI is InChI=1S/C19H33NS/c1-6-11-20-18(16-12-14(2)21-13-16)15-7-9-17(10-8-15)19(3,4)5/h12-13,15,17-18,20H,6-11H2,1-5H3. The van der Waals surface area contributed by atoms with Gasteiger partial charge in [0.05, 0.1) is 0 Å². The highest BCUT2D eigenvalue weighted by atomic mass is 32.1. The predicted molar refractivity (Wildman–Crippen MR) is 95.0 cm³/mol. The maximum atomic E-state index is 3.83. The third-order valence-corrected chi connectivity index (χ3v) is 6.07. The van der Waals surface area contributed by atoms with E-state index in [1.807, 2.05) is 11.3 Å². The van der Waals surface area contributed by atoms with E-state index in [0.717, 1.165) is 18.4 Å². The van der Waals surface area contributed by atoms with Crippen molar-refractivity contribution in [3.8, 4) is 0 Å². The Morgan fingerprint density at radius 3 is 2.38 bits per heavy atom. The lowest BCUT2D eigenvalue weighted by atomic mass is 9.68. The molecule has 0 aliphatic heterocycles. The molecule has 1 aromatic heterocycles. The molecular weight excluding hydrogens is 274 g/mol. The van der Waals surface area contributed by atoms with Crippen molar-refractivity contribution in [2.45, 2.75) is 72.8 Å². The van der Waals surface area contributed by atoms with Gasteiger partial charge < -0.3 is 5.32 Å². The van der Waals surface area contributed by atoms with Crippen LogP contribution in [0.3, 0.4) is 0 Å². The molecule has 0 amide bonds. The molecule has 0 radical (unpaired) electrons. The highest BCUT2D eigenvalue weighted by molar-refractivity contribution is 7.10. The van der Waals surface area contributed by atoms with E-state index in [9.17, 15) is 0 Å². The Hall–Kier alpha value is -0.340. The number of hydrogen-bond acceptors (Lipinski definition) is 2. The van der Waals surface area contributed by atoms with Crippen molar-refractivity contribution in [2.75, 3.05) is 6.54 Å². The summed E-state index contributed by atoms with van der Waals surface area (Å²) in [5.74, 6) is 1.73. The molecule has 1 heterocycles. The lowest BCUT2D eigenvalue weighted by molar-refractivity contribution is 0.132. The predicted octanol–water partition coefficient (Wildman–Crippen LogP) is 5.95. The van der Waals surface area contributed by atoms with E-state index < -0.39 is 0 Å². The maximum Gasteiger partial charge on any atom is 0.0357 e. The second-order valence-corrected chi connectivity index (χ2v) is 9.02. The number of thiophene rings is 1. The third kappa shape index (κ3) is 4.56. The van der Waals surface area contributed by atoms with Gasteiger partial charge >= 0.3 is 0 Å². The van der Waals surface area contributed by atoms with Crippen molar-refractivity contribution < 1.29 is 0 Å². The van der Waals surface area contributed by atoms with Crippen LogP contribution in [0, 0.1) is 24.2 Å². The zero-order valence-corrected chi connectivity index (χ0v) is 15.4. The average Bonchev–Trinajstić information content (AvgIpc) is 2.85.